The van der Waals surface area contributed by atoms with Crippen LogP contribution in [0.2, 0.25) is 0 Å². The normalized spacial score (nSPS) is 26.4. The predicted molar refractivity (Wildman–Crippen MR) is 71.4 cm³/mol. The Morgan fingerprint density at radius 3 is 2.71 bits per heavy atom. The molecule has 0 aromatic rings. The lowest BCUT2D eigenvalue weighted by atomic mass is 9.88. The molecule has 1 rings (SSSR count). The van der Waals surface area contributed by atoms with E-state index in [-0.39, 0.29) is 5.75 Å². The van der Waals surface area contributed by atoms with Crippen LogP contribution in [-0.2, 0) is 10.0 Å². The summed E-state index contributed by atoms with van der Waals surface area (Å²) in [4.78, 5) is 0. The summed E-state index contributed by atoms with van der Waals surface area (Å²) in [5.74, 6) is 1.71. The maximum Gasteiger partial charge on any atom is 0.211 e. The van der Waals surface area contributed by atoms with Gasteiger partial charge in [-0.2, -0.15) is 0 Å². The van der Waals surface area contributed by atoms with Crippen molar-refractivity contribution < 1.29 is 8.42 Å². The van der Waals surface area contributed by atoms with E-state index in [0.29, 0.717) is 24.3 Å². The molecule has 1 saturated heterocycles. The van der Waals surface area contributed by atoms with Gasteiger partial charge in [0.25, 0.3) is 0 Å². The Labute approximate surface area is 106 Å². The lowest BCUT2D eigenvalue weighted by Crippen LogP contribution is -2.42. The van der Waals surface area contributed by atoms with Gasteiger partial charge in [0.2, 0.25) is 10.0 Å². The first-order valence-corrected chi connectivity index (χ1v) is 8.24. The van der Waals surface area contributed by atoms with Crippen molar-refractivity contribution in [1.29, 1.82) is 0 Å². The van der Waals surface area contributed by atoms with Crippen molar-refractivity contribution in [2.75, 3.05) is 25.4 Å². The number of hydrogen-bond acceptors (Lipinski definition) is 3. The number of nitrogens with one attached hydrogen (secondary N) is 2. The average molecular weight is 262 g/mol. The highest BCUT2D eigenvalue weighted by molar-refractivity contribution is 7.89. The molecule has 1 aliphatic rings. The molecule has 2 atom stereocenters. The maximum absolute atomic E-state index is 11.8. The third-order valence-corrected chi connectivity index (χ3v) is 4.90. The molecule has 5 heteroatoms. The highest BCUT2D eigenvalue weighted by Gasteiger charge is 2.22. The van der Waals surface area contributed by atoms with E-state index < -0.39 is 10.0 Å². The molecule has 0 bridgehead atoms. The molecule has 0 amide bonds. The van der Waals surface area contributed by atoms with Crippen molar-refractivity contribution in [3.63, 3.8) is 0 Å². The first kappa shape index (κ1) is 14.9. The van der Waals surface area contributed by atoms with Crippen LogP contribution in [0, 0.1) is 17.8 Å². The molecule has 0 aromatic carbocycles. The fraction of sp³-hybridized carbons (Fsp3) is 1.00. The van der Waals surface area contributed by atoms with E-state index in [0.717, 1.165) is 25.9 Å². The summed E-state index contributed by atoms with van der Waals surface area (Å²) in [5, 5.41) is 3.32. The highest BCUT2D eigenvalue weighted by atomic mass is 32.2. The molecule has 0 radical (unpaired) electrons. The number of sulfonamides is 1. The molecule has 17 heavy (non-hydrogen) atoms. The molecular formula is C12H26N2O2S. The van der Waals surface area contributed by atoms with E-state index in [1.165, 1.54) is 0 Å². The number of piperidine rings is 1. The monoisotopic (exact) mass is 262 g/mol. The largest absolute Gasteiger partial charge is 0.316 e. The van der Waals surface area contributed by atoms with Crippen LogP contribution in [0.25, 0.3) is 0 Å². The number of hydrogen-bond donors (Lipinski definition) is 2. The third kappa shape index (κ3) is 5.84. The zero-order chi connectivity index (χ0) is 12.9. The minimum absolute atomic E-state index is 0.249. The van der Waals surface area contributed by atoms with Gasteiger partial charge in [-0.25, -0.2) is 13.1 Å². The van der Waals surface area contributed by atoms with Gasteiger partial charge in [0.05, 0.1) is 5.75 Å². The van der Waals surface area contributed by atoms with E-state index in [1.807, 2.05) is 13.8 Å². The second-order valence-electron chi connectivity index (χ2n) is 5.58. The van der Waals surface area contributed by atoms with Crippen LogP contribution >= 0.6 is 0 Å². The van der Waals surface area contributed by atoms with E-state index in [4.69, 9.17) is 0 Å². The molecule has 1 heterocycles. The third-order valence-electron chi connectivity index (χ3n) is 3.52. The van der Waals surface area contributed by atoms with Crippen molar-refractivity contribution in [3.8, 4) is 0 Å². The molecule has 0 aromatic heterocycles. The first-order valence-electron chi connectivity index (χ1n) is 6.59. The summed E-state index contributed by atoms with van der Waals surface area (Å²) in [5.41, 5.74) is 0. The Kier molecular flexibility index (Phi) is 5.89. The van der Waals surface area contributed by atoms with Crippen molar-refractivity contribution >= 4 is 10.0 Å². The topological polar surface area (TPSA) is 58.2 Å². The van der Waals surface area contributed by atoms with Gasteiger partial charge in [0, 0.05) is 6.54 Å². The molecule has 2 unspecified atom stereocenters. The Morgan fingerprint density at radius 1 is 1.41 bits per heavy atom. The Morgan fingerprint density at radius 2 is 2.12 bits per heavy atom. The minimum atomic E-state index is -3.08. The summed E-state index contributed by atoms with van der Waals surface area (Å²) < 4.78 is 26.3. The van der Waals surface area contributed by atoms with Gasteiger partial charge in [-0.15, -0.1) is 0 Å². The SMILES string of the molecule is CC(C)CCS(=O)(=O)NCC1CNCCC1C. The fourth-order valence-corrected chi connectivity index (χ4v) is 3.42. The van der Waals surface area contributed by atoms with Crippen LogP contribution in [0.3, 0.4) is 0 Å². The molecule has 1 fully saturated rings. The van der Waals surface area contributed by atoms with E-state index in [1.54, 1.807) is 0 Å². The van der Waals surface area contributed by atoms with Gasteiger partial charge in [0.15, 0.2) is 0 Å². The molecule has 4 nitrogen and oxygen atoms in total. The van der Waals surface area contributed by atoms with Crippen LogP contribution in [0.15, 0.2) is 0 Å². The smallest absolute Gasteiger partial charge is 0.211 e. The molecule has 102 valence electrons. The summed E-state index contributed by atoms with van der Waals surface area (Å²) in [6.07, 6.45) is 1.87. The van der Waals surface area contributed by atoms with Crippen molar-refractivity contribution in [1.82, 2.24) is 10.0 Å². The summed E-state index contributed by atoms with van der Waals surface area (Å²) in [6.45, 7) is 8.85. The van der Waals surface area contributed by atoms with Crippen LogP contribution in [0.5, 0.6) is 0 Å². The standard InChI is InChI=1S/C12H26N2O2S/c1-10(2)5-7-17(15,16)14-9-12-8-13-6-4-11(12)3/h10-14H,4-9H2,1-3H3. The van der Waals surface area contributed by atoms with E-state index in [2.05, 4.69) is 17.0 Å². The Balaban J connectivity index is 2.33. The zero-order valence-electron chi connectivity index (χ0n) is 11.2. The zero-order valence-corrected chi connectivity index (χ0v) is 12.0. The van der Waals surface area contributed by atoms with E-state index in [9.17, 15) is 8.42 Å². The van der Waals surface area contributed by atoms with Crippen molar-refractivity contribution in [3.05, 3.63) is 0 Å². The lowest BCUT2D eigenvalue weighted by molar-refractivity contribution is 0.275. The lowest BCUT2D eigenvalue weighted by Gasteiger charge is -2.29. The van der Waals surface area contributed by atoms with Gasteiger partial charge >= 0.3 is 0 Å². The Bertz CT molecular complexity index is 314. The van der Waals surface area contributed by atoms with Crippen LogP contribution in [-0.4, -0.2) is 33.8 Å². The van der Waals surface area contributed by atoms with Crippen molar-refractivity contribution in [2.24, 2.45) is 17.8 Å². The molecule has 0 spiro atoms. The Hall–Kier alpha value is -0.130. The second-order valence-corrected chi connectivity index (χ2v) is 7.51. The predicted octanol–water partition coefficient (Wildman–Crippen LogP) is 1.20. The van der Waals surface area contributed by atoms with Gasteiger partial charge in [-0.1, -0.05) is 20.8 Å². The molecule has 1 aliphatic heterocycles. The van der Waals surface area contributed by atoms with Gasteiger partial charge < -0.3 is 5.32 Å². The van der Waals surface area contributed by atoms with Gasteiger partial charge in [-0.3, -0.25) is 0 Å². The maximum atomic E-state index is 11.8. The molecule has 0 saturated carbocycles. The van der Waals surface area contributed by atoms with Crippen LogP contribution < -0.4 is 10.0 Å². The average Bonchev–Trinajstić information content (AvgIpc) is 2.26. The highest BCUT2D eigenvalue weighted by Crippen LogP contribution is 2.17. The number of rotatable bonds is 6. The quantitative estimate of drug-likeness (QED) is 0.756. The molecular weight excluding hydrogens is 236 g/mol. The first-order chi connectivity index (χ1) is 7.91. The summed E-state index contributed by atoms with van der Waals surface area (Å²) >= 11 is 0. The molecule has 2 N–H and O–H groups in total. The second kappa shape index (κ2) is 6.71. The van der Waals surface area contributed by atoms with Gasteiger partial charge in [-0.05, 0) is 43.7 Å². The molecule has 0 aliphatic carbocycles. The summed E-state index contributed by atoms with van der Waals surface area (Å²) in [6, 6.07) is 0. The van der Waals surface area contributed by atoms with Crippen LogP contribution in [0.4, 0.5) is 0 Å². The minimum Gasteiger partial charge on any atom is -0.316 e. The fourth-order valence-electron chi connectivity index (χ4n) is 2.02. The van der Waals surface area contributed by atoms with Crippen LogP contribution in [0.1, 0.15) is 33.6 Å². The van der Waals surface area contributed by atoms with Crippen molar-refractivity contribution in [2.45, 2.75) is 33.6 Å². The van der Waals surface area contributed by atoms with E-state index >= 15 is 0 Å². The summed E-state index contributed by atoms with van der Waals surface area (Å²) in [7, 11) is -3.08. The van der Waals surface area contributed by atoms with Gasteiger partial charge in [0.1, 0.15) is 0 Å².